The summed E-state index contributed by atoms with van der Waals surface area (Å²) in [5.41, 5.74) is 2.08. The van der Waals surface area contributed by atoms with Gasteiger partial charge >= 0.3 is 0 Å². The van der Waals surface area contributed by atoms with Gasteiger partial charge in [0.25, 0.3) is 0 Å². The number of aromatic amines is 1. The molecule has 0 aliphatic carbocycles. The van der Waals surface area contributed by atoms with Crippen molar-refractivity contribution in [1.29, 1.82) is 0 Å². The lowest BCUT2D eigenvalue weighted by Gasteiger charge is -2.18. The minimum absolute atomic E-state index is 0.231. The maximum Gasteiger partial charge on any atom is 0.226 e. The number of hydrogen-bond donors (Lipinski definition) is 2. The van der Waals surface area contributed by atoms with Gasteiger partial charge in [0.15, 0.2) is 17.3 Å². The minimum Gasteiger partial charge on any atom is -0.476 e. The van der Waals surface area contributed by atoms with Crippen LogP contribution in [0.2, 0.25) is 5.02 Å². The highest BCUT2D eigenvalue weighted by molar-refractivity contribution is 6.35. The number of fused-ring (bicyclic) bond motifs is 2. The van der Waals surface area contributed by atoms with Gasteiger partial charge in [0, 0.05) is 6.54 Å². The van der Waals surface area contributed by atoms with Crippen LogP contribution in [0.25, 0.3) is 22.1 Å². The number of aromatic nitrogens is 6. The normalized spacial score (nSPS) is 15.5. The highest BCUT2D eigenvalue weighted by Gasteiger charge is 2.19. The van der Waals surface area contributed by atoms with Crippen LogP contribution in [0.4, 0.5) is 5.82 Å². The molecule has 4 heterocycles. The van der Waals surface area contributed by atoms with Gasteiger partial charge in [-0.15, -0.1) is 0 Å². The van der Waals surface area contributed by atoms with E-state index in [9.17, 15) is 0 Å². The molecule has 0 radical (unpaired) electrons. The van der Waals surface area contributed by atoms with Crippen molar-refractivity contribution in [3.05, 3.63) is 41.7 Å². The van der Waals surface area contributed by atoms with Crippen molar-refractivity contribution in [1.82, 2.24) is 34.8 Å². The Balaban J connectivity index is 1.43. The van der Waals surface area contributed by atoms with Crippen LogP contribution in [-0.2, 0) is 0 Å². The van der Waals surface area contributed by atoms with E-state index in [0.29, 0.717) is 34.8 Å². The number of halogens is 1. The maximum atomic E-state index is 6.47. The molecule has 9 nitrogen and oxygen atoms in total. The van der Waals surface area contributed by atoms with Crippen LogP contribution in [0, 0.1) is 0 Å². The van der Waals surface area contributed by atoms with Crippen LogP contribution in [0.15, 0.2) is 30.9 Å². The van der Waals surface area contributed by atoms with E-state index in [4.69, 9.17) is 26.3 Å². The van der Waals surface area contributed by atoms with Gasteiger partial charge in [-0.3, -0.25) is 4.90 Å². The topological polar surface area (TPSA) is 105 Å². The third kappa shape index (κ3) is 4.11. The molecule has 1 fully saturated rings. The van der Waals surface area contributed by atoms with E-state index >= 15 is 0 Å². The molecule has 1 aromatic carbocycles. The molecule has 0 amide bonds. The van der Waals surface area contributed by atoms with Crippen LogP contribution in [0.5, 0.6) is 5.88 Å². The fourth-order valence-electron chi connectivity index (χ4n) is 3.85. The molecule has 4 aromatic rings. The first kappa shape index (κ1) is 19.9. The molecule has 2 N–H and O–H groups in total. The monoisotopic (exact) mass is 438 g/mol. The summed E-state index contributed by atoms with van der Waals surface area (Å²) in [4.78, 5) is 27.6. The summed E-state index contributed by atoms with van der Waals surface area (Å²) in [5, 5.41) is 4.67. The number of nitrogens with one attached hydrogen (secondary N) is 2. The number of H-pyrrole nitrogens is 1. The van der Waals surface area contributed by atoms with Crippen molar-refractivity contribution in [2.24, 2.45) is 0 Å². The van der Waals surface area contributed by atoms with Crippen LogP contribution in [0.1, 0.15) is 31.6 Å². The molecule has 1 aliphatic rings. The lowest BCUT2D eigenvalue weighted by atomic mass is 10.2. The molecule has 160 valence electrons. The number of rotatable bonds is 7. The van der Waals surface area contributed by atoms with Gasteiger partial charge in [0.2, 0.25) is 5.88 Å². The summed E-state index contributed by atoms with van der Waals surface area (Å²) in [6, 6.07) is 5.40. The fraction of sp³-hybridized carbons (Fsp3) is 0.381. The van der Waals surface area contributed by atoms with Gasteiger partial charge in [-0.05, 0) is 45.0 Å². The summed E-state index contributed by atoms with van der Waals surface area (Å²) in [6.45, 7) is 5.66. The van der Waals surface area contributed by atoms with Crippen LogP contribution in [0.3, 0.4) is 0 Å². The van der Waals surface area contributed by atoms with Crippen molar-refractivity contribution in [3.8, 4) is 5.88 Å². The molecule has 1 aliphatic heterocycles. The lowest BCUT2D eigenvalue weighted by molar-refractivity contribution is 0.233. The molecule has 0 bridgehead atoms. The molecule has 1 saturated heterocycles. The largest absolute Gasteiger partial charge is 0.476 e. The van der Waals surface area contributed by atoms with Crippen molar-refractivity contribution >= 4 is 39.5 Å². The smallest absolute Gasteiger partial charge is 0.226 e. The second kappa shape index (κ2) is 8.60. The number of nitrogens with zero attached hydrogens (tertiary/aromatic N) is 6. The number of imidazole rings is 1. The number of hydrogen-bond acceptors (Lipinski definition) is 8. The number of anilines is 1. The molecule has 31 heavy (non-hydrogen) atoms. The Hall–Kier alpha value is -3.04. The minimum atomic E-state index is -0.231. The molecule has 3 aromatic heterocycles. The summed E-state index contributed by atoms with van der Waals surface area (Å²) in [6.07, 6.45) is 5.58. The van der Waals surface area contributed by atoms with Crippen molar-refractivity contribution in [2.45, 2.75) is 25.8 Å². The molecular weight excluding hydrogens is 416 g/mol. The van der Waals surface area contributed by atoms with Crippen LogP contribution in [-0.4, -0.2) is 61.0 Å². The van der Waals surface area contributed by atoms with E-state index in [1.54, 1.807) is 6.33 Å². The third-order valence-electron chi connectivity index (χ3n) is 5.47. The second-order valence-corrected chi connectivity index (χ2v) is 8.01. The Morgan fingerprint density at radius 1 is 1.19 bits per heavy atom. The Labute approximate surface area is 184 Å². The van der Waals surface area contributed by atoms with Crippen molar-refractivity contribution in [2.75, 3.05) is 31.6 Å². The Bertz CT molecular complexity index is 1210. The van der Waals surface area contributed by atoms with Crippen LogP contribution < -0.4 is 10.1 Å². The zero-order valence-electron chi connectivity index (χ0n) is 17.2. The second-order valence-electron chi connectivity index (χ2n) is 7.61. The van der Waals surface area contributed by atoms with E-state index < -0.39 is 0 Å². The highest BCUT2D eigenvalue weighted by atomic mass is 35.5. The molecule has 5 rings (SSSR count). The van der Waals surface area contributed by atoms with Gasteiger partial charge in [-0.2, -0.15) is 4.98 Å². The first-order valence-electron chi connectivity index (χ1n) is 10.4. The van der Waals surface area contributed by atoms with E-state index in [-0.39, 0.29) is 6.04 Å². The highest BCUT2D eigenvalue weighted by Crippen LogP contribution is 2.31. The number of ether oxygens (including phenoxy) is 1. The molecular formula is C21H23ClN8O. The van der Waals surface area contributed by atoms with E-state index in [1.165, 1.54) is 19.2 Å². The van der Waals surface area contributed by atoms with E-state index in [1.807, 2.05) is 25.1 Å². The third-order valence-corrected chi connectivity index (χ3v) is 5.78. The molecule has 1 atom stereocenters. The van der Waals surface area contributed by atoms with Crippen molar-refractivity contribution < 1.29 is 4.74 Å². The SMILES string of the molecule is CC(Nc1ncnc2nc[nH]c12)c1nc(OCCN2CCCC2)c2c(Cl)cccc2n1. The quantitative estimate of drug-likeness (QED) is 0.451. The Morgan fingerprint density at radius 2 is 2.06 bits per heavy atom. The fourth-order valence-corrected chi connectivity index (χ4v) is 4.10. The van der Waals surface area contributed by atoms with Gasteiger partial charge in [0.1, 0.15) is 18.5 Å². The summed E-state index contributed by atoms with van der Waals surface area (Å²) in [5.74, 6) is 1.74. The zero-order valence-corrected chi connectivity index (χ0v) is 17.9. The average Bonchev–Trinajstić information content (AvgIpc) is 3.46. The summed E-state index contributed by atoms with van der Waals surface area (Å²) < 4.78 is 6.11. The average molecular weight is 439 g/mol. The summed E-state index contributed by atoms with van der Waals surface area (Å²) in [7, 11) is 0. The first-order valence-corrected chi connectivity index (χ1v) is 10.8. The standard InChI is InChI=1S/C21H23ClN8O/c1-13(27-20-17-19(24-11-23-17)25-12-26-20)18-28-15-6-4-5-14(22)16(15)21(29-18)31-10-9-30-7-2-3-8-30/h4-6,11-13H,2-3,7-10H2,1H3,(H2,23,24,25,26,27). The maximum absolute atomic E-state index is 6.47. The van der Waals surface area contributed by atoms with E-state index in [0.717, 1.165) is 36.1 Å². The van der Waals surface area contributed by atoms with Gasteiger partial charge in [0.05, 0.1) is 28.3 Å². The van der Waals surface area contributed by atoms with Gasteiger partial charge in [-0.1, -0.05) is 17.7 Å². The van der Waals surface area contributed by atoms with Crippen LogP contribution >= 0.6 is 11.6 Å². The van der Waals surface area contributed by atoms with Crippen molar-refractivity contribution in [3.63, 3.8) is 0 Å². The van der Waals surface area contributed by atoms with Gasteiger partial charge < -0.3 is 15.0 Å². The number of benzene rings is 1. The molecule has 1 unspecified atom stereocenters. The predicted octanol–water partition coefficient (Wildman–Crippen LogP) is 3.60. The molecule has 0 saturated carbocycles. The Morgan fingerprint density at radius 3 is 2.94 bits per heavy atom. The molecule has 0 spiro atoms. The summed E-state index contributed by atoms with van der Waals surface area (Å²) >= 11 is 6.47. The zero-order chi connectivity index (χ0) is 21.2. The first-order chi connectivity index (χ1) is 15.2. The van der Waals surface area contributed by atoms with E-state index in [2.05, 4.69) is 30.2 Å². The Kier molecular flexibility index (Phi) is 5.52. The number of likely N-dealkylation sites (tertiary alicyclic amines) is 1. The molecule has 10 heteroatoms. The van der Waals surface area contributed by atoms with Gasteiger partial charge in [-0.25, -0.2) is 19.9 Å². The lowest BCUT2D eigenvalue weighted by Crippen LogP contribution is -2.25. The predicted molar refractivity (Wildman–Crippen MR) is 119 cm³/mol.